The lowest BCUT2D eigenvalue weighted by Crippen LogP contribution is -2.57. The van der Waals surface area contributed by atoms with Crippen LogP contribution in [0.3, 0.4) is 0 Å². The van der Waals surface area contributed by atoms with Crippen molar-refractivity contribution in [2.75, 3.05) is 6.61 Å². The molecule has 3 nitrogen and oxygen atoms in total. The molecule has 84 heavy (non-hydrogen) atoms. The van der Waals surface area contributed by atoms with Gasteiger partial charge in [-0.3, -0.25) is 0 Å². The lowest BCUT2D eigenvalue weighted by Gasteiger charge is -2.55. The molecule has 5 aromatic rings. The molecule has 0 heterocycles. The Morgan fingerprint density at radius 1 is 0.310 bits per heavy atom. The van der Waals surface area contributed by atoms with Gasteiger partial charge in [0, 0.05) is 0 Å². The molecule has 0 saturated heterocycles. The van der Waals surface area contributed by atoms with Crippen molar-refractivity contribution in [1.29, 1.82) is 0 Å². The first-order chi connectivity index (χ1) is 41.4. The summed E-state index contributed by atoms with van der Waals surface area (Å²) in [6, 6.07) is 46.3. The fourth-order valence-corrected chi connectivity index (χ4v) is 14.1. The SMILES string of the molecule is CCCCCCCCCc1ccccc1C(OC(C)CO)C(O)(c1ccccc1CCCCCCCCC)C(c1ccccc1CCCCCCCCC)(c1ccccc1CCCCCCCCC)c1ccccc1CCCCCCCCC. The van der Waals surface area contributed by atoms with E-state index in [-0.39, 0.29) is 6.61 Å². The van der Waals surface area contributed by atoms with Gasteiger partial charge in [0.1, 0.15) is 11.7 Å². The summed E-state index contributed by atoms with van der Waals surface area (Å²) in [6.45, 7) is 13.4. The molecule has 3 unspecified atom stereocenters. The van der Waals surface area contributed by atoms with Gasteiger partial charge in [-0.25, -0.2) is 0 Å². The molecule has 0 aliphatic rings. The number of aliphatic hydroxyl groups excluding tert-OH is 1. The number of aryl methyl sites for hydroxylation is 5. The summed E-state index contributed by atoms with van der Waals surface area (Å²) in [4.78, 5) is 0. The Bertz CT molecular complexity index is 2280. The average Bonchev–Trinajstić information content (AvgIpc) is 0.853. The summed E-state index contributed by atoms with van der Waals surface area (Å²) >= 11 is 0. The molecule has 0 spiro atoms. The highest BCUT2D eigenvalue weighted by Gasteiger charge is 2.62. The molecule has 0 fully saturated rings. The molecule has 0 saturated carbocycles. The van der Waals surface area contributed by atoms with Gasteiger partial charge < -0.3 is 14.9 Å². The van der Waals surface area contributed by atoms with Gasteiger partial charge in [-0.05, 0) is 127 Å². The standard InChI is InChI=1S/C81H124O3/c1-7-12-17-22-27-32-37-52-69-53-42-47-62-74(69)79(84-68(6)67-82)81(83,78-66-51-46-61-73(78)57-41-36-31-26-21-16-11-5)80(75-63-48-43-58-70(75)54-38-33-28-23-18-13-8-2,76-64-49-44-59-71(76)55-39-34-29-24-19-14-9-3)77-65-50-45-60-72(77)56-40-35-30-25-20-15-10-4/h42-51,53,58-66,68,79,82-83H,7-41,52,54-57,67H2,1-6H3. The largest absolute Gasteiger partial charge is 0.394 e. The van der Waals surface area contributed by atoms with Crippen LogP contribution in [0.5, 0.6) is 0 Å². The number of aliphatic hydroxyl groups is 2. The summed E-state index contributed by atoms with van der Waals surface area (Å²) in [6.07, 6.45) is 46.3. The fraction of sp³-hybridized carbons (Fsp3) is 0.630. The highest BCUT2D eigenvalue weighted by molar-refractivity contribution is 5.64. The van der Waals surface area contributed by atoms with Gasteiger partial charge in [0.25, 0.3) is 0 Å². The van der Waals surface area contributed by atoms with Crippen molar-refractivity contribution in [2.45, 2.75) is 322 Å². The molecule has 3 heteroatoms. The summed E-state index contributed by atoms with van der Waals surface area (Å²) in [7, 11) is 0. The third-order valence-corrected chi connectivity index (χ3v) is 18.9. The van der Waals surface area contributed by atoms with Crippen molar-refractivity contribution in [3.8, 4) is 0 Å². The summed E-state index contributed by atoms with van der Waals surface area (Å²) in [5, 5.41) is 28.0. The topological polar surface area (TPSA) is 49.7 Å². The predicted octanol–water partition coefficient (Wildman–Crippen LogP) is 23.5. The summed E-state index contributed by atoms with van der Waals surface area (Å²) in [5.41, 5.74) is 9.01. The third kappa shape index (κ3) is 22.0. The highest BCUT2D eigenvalue weighted by atomic mass is 16.5. The lowest BCUT2D eigenvalue weighted by molar-refractivity contribution is -0.170. The first-order valence-corrected chi connectivity index (χ1v) is 35.8. The van der Waals surface area contributed by atoms with E-state index in [4.69, 9.17) is 4.74 Å². The zero-order chi connectivity index (χ0) is 59.8. The van der Waals surface area contributed by atoms with E-state index in [1.165, 1.54) is 231 Å². The molecule has 0 radical (unpaired) electrons. The van der Waals surface area contributed by atoms with Crippen molar-refractivity contribution < 1.29 is 14.9 Å². The molecule has 0 bridgehead atoms. The van der Waals surface area contributed by atoms with Crippen LogP contribution in [0.25, 0.3) is 0 Å². The molecule has 466 valence electrons. The molecule has 0 aromatic heterocycles. The van der Waals surface area contributed by atoms with Crippen LogP contribution in [0.1, 0.15) is 328 Å². The number of unbranched alkanes of at least 4 members (excludes halogenated alkanes) is 30. The van der Waals surface area contributed by atoms with Crippen LogP contribution >= 0.6 is 0 Å². The second kappa shape index (κ2) is 42.8. The van der Waals surface area contributed by atoms with Gasteiger partial charge in [0.15, 0.2) is 0 Å². The number of ether oxygens (including phenoxy) is 1. The predicted molar refractivity (Wildman–Crippen MR) is 365 cm³/mol. The van der Waals surface area contributed by atoms with Crippen LogP contribution in [0, 0.1) is 0 Å². The second-order valence-corrected chi connectivity index (χ2v) is 25.7. The van der Waals surface area contributed by atoms with Crippen LogP contribution < -0.4 is 0 Å². The molecule has 0 aliphatic heterocycles. The maximum atomic E-state index is 16.6. The molecule has 5 aromatic carbocycles. The number of hydrogen-bond donors (Lipinski definition) is 2. The first kappa shape index (κ1) is 70.7. The van der Waals surface area contributed by atoms with Crippen LogP contribution in [0.2, 0.25) is 0 Å². The van der Waals surface area contributed by atoms with Crippen LogP contribution in [0.4, 0.5) is 0 Å². The Labute approximate surface area is 517 Å². The molecular weight excluding hydrogens is 1020 g/mol. The van der Waals surface area contributed by atoms with Gasteiger partial charge in [0.2, 0.25) is 0 Å². The Morgan fingerprint density at radius 3 is 0.857 bits per heavy atom. The first-order valence-electron chi connectivity index (χ1n) is 35.8. The van der Waals surface area contributed by atoms with E-state index >= 15 is 5.11 Å². The minimum atomic E-state index is -1.76. The minimum Gasteiger partial charge on any atom is -0.394 e. The number of rotatable bonds is 50. The van der Waals surface area contributed by atoms with E-state index in [0.29, 0.717) is 0 Å². The number of hydrogen-bond acceptors (Lipinski definition) is 3. The smallest absolute Gasteiger partial charge is 0.138 e. The average molecular weight is 1150 g/mol. The molecule has 0 aliphatic carbocycles. The maximum absolute atomic E-state index is 16.6. The van der Waals surface area contributed by atoms with Crippen molar-refractivity contribution in [1.82, 2.24) is 0 Å². The van der Waals surface area contributed by atoms with Crippen LogP contribution in [-0.4, -0.2) is 22.9 Å². The quantitative estimate of drug-likeness (QED) is 0.0301. The third-order valence-electron chi connectivity index (χ3n) is 18.9. The minimum absolute atomic E-state index is 0.155. The molecule has 0 amide bonds. The Balaban J connectivity index is 1.96. The molecule has 5 rings (SSSR count). The van der Waals surface area contributed by atoms with Crippen molar-refractivity contribution in [3.05, 3.63) is 177 Å². The second-order valence-electron chi connectivity index (χ2n) is 25.7. The van der Waals surface area contributed by atoms with Crippen molar-refractivity contribution >= 4 is 0 Å². The van der Waals surface area contributed by atoms with Crippen LogP contribution in [0.15, 0.2) is 121 Å². The Kier molecular flexibility index (Phi) is 36.0. The van der Waals surface area contributed by atoms with Crippen LogP contribution in [-0.2, 0) is 47.9 Å². The molecule has 2 N–H and O–H groups in total. The zero-order valence-electron chi connectivity index (χ0n) is 55.0. The van der Waals surface area contributed by atoms with E-state index in [1.54, 1.807) is 0 Å². The van der Waals surface area contributed by atoms with Gasteiger partial charge in [-0.15, -0.1) is 0 Å². The molecular formula is C81H124O3. The van der Waals surface area contributed by atoms with Crippen molar-refractivity contribution in [2.24, 2.45) is 0 Å². The van der Waals surface area contributed by atoms with E-state index in [2.05, 4.69) is 156 Å². The summed E-state index contributed by atoms with van der Waals surface area (Å²) < 4.78 is 7.78. The van der Waals surface area contributed by atoms with Gasteiger partial charge >= 0.3 is 0 Å². The fourth-order valence-electron chi connectivity index (χ4n) is 14.1. The van der Waals surface area contributed by atoms with Gasteiger partial charge in [0.05, 0.1) is 18.1 Å². The van der Waals surface area contributed by atoms with E-state index in [1.807, 2.05) is 6.92 Å². The van der Waals surface area contributed by atoms with Gasteiger partial charge in [-0.2, -0.15) is 0 Å². The van der Waals surface area contributed by atoms with Gasteiger partial charge in [-0.1, -0.05) is 349 Å². The Morgan fingerprint density at radius 2 is 0.548 bits per heavy atom. The monoisotopic (exact) mass is 1140 g/mol. The summed E-state index contributed by atoms with van der Waals surface area (Å²) in [5.74, 6) is 0. The highest BCUT2D eigenvalue weighted by Crippen LogP contribution is 2.61. The Hall–Kier alpha value is -4.02. The lowest BCUT2D eigenvalue weighted by atomic mass is 9.51. The zero-order valence-corrected chi connectivity index (χ0v) is 55.0. The normalized spacial score (nSPS) is 13.3. The van der Waals surface area contributed by atoms with E-state index in [9.17, 15) is 5.11 Å². The molecule has 3 atom stereocenters. The van der Waals surface area contributed by atoms with E-state index in [0.717, 1.165) is 81.8 Å². The number of benzene rings is 5. The maximum Gasteiger partial charge on any atom is 0.138 e. The van der Waals surface area contributed by atoms with E-state index < -0.39 is 23.2 Å². The van der Waals surface area contributed by atoms with Crippen molar-refractivity contribution in [3.63, 3.8) is 0 Å².